The van der Waals surface area contributed by atoms with E-state index in [2.05, 4.69) is 19.2 Å². The molecule has 6 heteroatoms. The van der Waals surface area contributed by atoms with Gasteiger partial charge in [0.2, 0.25) is 0 Å². The third-order valence-corrected chi connectivity index (χ3v) is 3.71. The molecule has 1 aromatic rings. The van der Waals surface area contributed by atoms with Crippen molar-refractivity contribution >= 4 is 18.3 Å². The van der Waals surface area contributed by atoms with Crippen molar-refractivity contribution in [3.8, 4) is 11.5 Å². The molecular weight excluding hydrogens is 316 g/mol. The fourth-order valence-corrected chi connectivity index (χ4v) is 2.55. The van der Waals surface area contributed by atoms with Crippen molar-refractivity contribution in [1.29, 1.82) is 0 Å². The van der Waals surface area contributed by atoms with Crippen LogP contribution >= 0.6 is 12.4 Å². The van der Waals surface area contributed by atoms with Crippen molar-refractivity contribution in [2.75, 3.05) is 32.8 Å². The van der Waals surface area contributed by atoms with Gasteiger partial charge in [-0.15, -0.1) is 12.4 Å². The average molecular weight is 343 g/mol. The summed E-state index contributed by atoms with van der Waals surface area (Å²) in [6, 6.07) is 5.66. The summed E-state index contributed by atoms with van der Waals surface area (Å²) in [6.07, 6.45) is 0.935. The van der Waals surface area contributed by atoms with Gasteiger partial charge in [0, 0.05) is 31.2 Å². The highest BCUT2D eigenvalue weighted by Gasteiger charge is 2.24. The van der Waals surface area contributed by atoms with Gasteiger partial charge in [-0.05, 0) is 38.5 Å². The van der Waals surface area contributed by atoms with Crippen molar-refractivity contribution in [2.24, 2.45) is 0 Å². The molecule has 0 aliphatic carbocycles. The maximum absolute atomic E-state index is 12.7. The molecular formula is C17H27ClN2O3. The van der Waals surface area contributed by atoms with Crippen LogP contribution in [0.15, 0.2) is 18.2 Å². The molecule has 0 unspecified atom stereocenters. The summed E-state index contributed by atoms with van der Waals surface area (Å²) in [5, 5.41) is 3.30. The second kappa shape index (κ2) is 9.63. The molecule has 1 heterocycles. The van der Waals surface area contributed by atoms with Gasteiger partial charge in [0.15, 0.2) is 11.5 Å². The lowest BCUT2D eigenvalue weighted by atomic mass is 10.1. The topological polar surface area (TPSA) is 50.8 Å². The highest BCUT2D eigenvalue weighted by atomic mass is 35.5. The third kappa shape index (κ3) is 5.01. The van der Waals surface area contributed by atoms with E-state index in [1.165, 1.54) is 0 Å². The van der Waals surface area contributed by atoms with Crippen LogP contribution in [-0.4, -0.2) is 49.7 Å². The number of piperazine rings is 1. The van der Waals surface area contributed by atoms with Crippen LogP contribution in [0.25, 0.3) is 0 Å². The summed E-state index contributed by atoms with van der Waals surface area (Å²) in [5.74, 6) is 1.40. The number of carbonyl (C=O) groups is 1. The summed E-state index contributed by atoms with van der Waals surface area (Å²) in [5.41, 5.74) is 0.654. The van der Waals surface area contributed by atoms with E-state index in [-0.39, 0.29) is 24.4 Å². The number of nitrogens with one attached hydrogen (secondary N) is 1. The van der Waals surface area contributed by atoms with E-state index >= 15 is 0 Å². The number of benzene rings is 1. The molecule has 0 saturated carbocycles. The molecule has 1 aliphatic heterocycles. The summed E-state index contributed by atoms with van der Waals surface area (Å²) in [7, 11) is 0. The number of hydrogen-bond acceptors (Lipinski definition) is 4. The van der Waals surface area contributed by atoms with Crippen molar-refractivity contribution in [1.82, 2.24) is 10.2 Å². The van der Waals surface area contributed by atoms with Gasteiger partial charge in [0.1, 0.15) is 0 Å². The first-order chi connectivity index (χ1) is 10.7. The molecule has 1 atom stereocenters. The largest absolute Gasteiger partial charge is 0.490 e. The van der Waals surface area contributed by atoms with Gasteiger partial charge in [-0.3, -0.25) is 4.79 Å². The zero-order valence-corrected chi connectivity index (χ0v) is 14.9. The Morgan fingerprint density at radius 1 is 1.30 bits per heavy atom. The Kier molecular flexibility index (Phi) is 8.20. The third-order valence-electron chi connectivity index (χ3n) is 3.71. The average Bonchev–Trinajstić information content (AvgIpc) is 2.54. The van der Waals surface area contributed by atoms with Crippen LogP contribution < -0.4 is 14.8 Å². The quantitative estimate of drug-likeness (QED) is 0.863. The van der Waals surface area contributed by atoms with Crippen molar-refractivity contribution in [3.05, 3.63) is 23.8 Å². The minimum atomic E-state index is 0. The molecule has 0 bridgehead atoms. The minimum Gasteiger partial charge on any atom is -0.490 e. The van der Waals surface area contributed by atoms with Crippen molar-refractivity contribution < 1.29 is 14.3 Å². The maximum atomic E-state index is 12.7. The van der Waals surface area contributed by atoms with Gasteiger partial charge < -0.3 is 19.7 Å². The smallest absolute Gasteiger partial charge is 0.254 e. The second-order valence-corrected chi connectivity index (χ2v) is 5.49. The predicted octanol–water partition coefficient (Wildman–Crippen LogP) is 2.73. The minimum absolute atomic E-state index is 0. The van der Waals surface area contributed by atoms with Crippen LogP contribution in [0, 0.1) is 0 Å². The SMILES string of the molecule is CCCOc1ccc(C(=O)N2CCNC[C@@H]2C)cc1OCC.Cl. The van der Waals surface area contributed by atoms with Gasteiger partial charge in [-0.25, -0.2) is 0 Å². The number of ether oxygens (including phenoxy) is 2. The Morgan fingerprint density at radius 3 is 2.74 bits per heavy atom. The van der Waals surface area contributed by atoms with Gasteiger partial charge in [-0.1, -0.05) is 6.92 Å². The molecule has 130 valence electrons. The molecule has 2 rings (SSSR count). The van der Waals surface area contributed by atoms with Crippen LogP contribution in [-0.2, 0) is 0 Å². The Hall–Kier alpha value is -1.46. The monoisotopic (exact) mass is 342 g/mol. The normalized spacial score (nSPS) is 17.3. The number of carbonyl (C=O) groups excluding carboxylic acids is 1. The van der Waals surface area contributed by atoms with E-state index in [4.69, 9.17) is 9.47 Å². The van der Waals surface area contributed by atoms with Gasteiger partial charge in [-0.2, -0.15) is 0 Å². The first-order valence-corrected chi connectivity index (χ1v) is 8.08. The second-order valence-electron chi connectivity index (χ2n) is 5.49. The van der Waals surface area contributed by atoms with Crippen LogP contribution in [0.1, 0.15) is 37.6 Å². The lowest BCUT2D eigenvalue weighted by Gasteiger charge is -2.34. The van der Waals surface area contributed by atoms with E-state index in [9.17, 15) is 4.79 Å². The maximum Gasteiger partial charge on any atom is 0.254 e. The first kappa shape index (κ1) is 19.6. The van der Waals surface area contributed by atoms with Gasteiger partial charge >= 0.3 is 0 Å². The lowest BCUT2D eigenvalue weighted by molar-refractivity contribution is 0.0655. The summed E-state index contributed by atoms with van der Waals surface area (Å²) >= 11 is 0. The Balaban J connectivity index is 0.00000264. The fraction of sp³-hybridized carbons (Fsp3) is 0.588. The number of rotatable bonds is 6. The molecule has 1 amide bonds. The number of nitrogens with zero attached hydrogens (tertiary/aromatic N) is 1. The Labute approximate surface area is 144 Å². The molecule has 0 aromatic heterocycles. The highest BCUT2D eigenvalue weighted by Crippen LogP contribution is 2.29. The van der Waals surface area contributed by atoms with Crippen LogP contribution in [0.4, 0.5) is 0 Å². The van der Waals surface area contributed by atoms with Crippen molar-refractivity contribution in [2.45, 2.75) is 33.2 Å². The van der Waals surface area contributed by atoms with Crippen molar-refractivity contribution in [3.63, 3.8) is 0 Å². The number of hydrogen-bond donors (Lipinski definition) is 1. The van der Waals surface area contributed by atoms with E-state index in [0.29, 0.717) is 30.3 Å². The van der Waals surface area contributed by atoms with Crippen LogP contribution in [0.2, 0.25) is 0 Å². The molecule has 1 aromatic carbocycles. The molecule has 1 N–H and O–H groups in total. The van der Waals surface area contributed by atoms with E-state index in [1.807, 2.05) is 24.0 Å². The van der Waals surface area contributed by atoms with E-state index < -0.39 is 0 Å². The summed E-state index contributed by atoms with van der Waals surface area (Å²) < 4.78 is 11.3. The highest BCUT2D eigenvalue weighted by molar-refractivity contribution is 5.95. The molecule has 1 fully saturated rings. The molecule has 0 spiro atoms. The van der Waals surface area contributed by atoms with E-state index in [1.54, 1.807) is 6.07 Å². The fourth-order valence-electron chi connectivity index (χ4n) is 2.55. The molecule has 5 nitrogen and oxygen atoms in total. The number of halogens is 1. The molecule has 23 heavy (non-hydrogen) atoms. The van der Waals surface area contributed by atoms with Crippen LogP contribution in [0.5, 0.6) is 11.5 Å². The summed E-state index contributed by atoms with van der Waals surface area (Å²) in [4.78, 5) is 14.6. The Bertz CT molecular complexity index is 511. The predicted molar refractivity (Wildman–Crippen MR) is 94.0 cm³/mol. The van der Waals surface area contributed by atoms with E-state index in [0.717, 1.165) is 26.1 Å². The van der Waals surface area contributed by atoms with Gasteiger partial charge in [0.05, 0.1) is 13.2 Å². The first-order valence-electron chi connectivity index (χ1n) is 8.08. The lowest BCUT2D eigenvalue weighted by Crippen LogP contribution is -2.52. The molecule has 1 aliphatic rings. The van der Waals surface area contributed by atoms with Gasteiger partial charge in [0.25, 0.3) is 5.91 Å². The molecule has 1 saturated heterocycles. The molecule has 0 radical (unpaired) electrons. The van der Waals surface area contributed by atoms with Crippen LogP contribution in [0.3, 0.4) is 0 Å². The Morgan fingerprint density at radius 2 is 2.09 bits per heavy atom. The number of amides is 1. The summed E-state index contributed by atoms with van der Waals surface area (Å²) in [6.45, 7) is 9.64. The standard InChI is InChI=1S/C17H26N2O3.ClH/c1-4-10-22-15-7-6-14(11-16(15)21-5-2)17(20)19-9-8-18-12-13(19)3;/h6-7,11,13,18H,4-5,8-10,12H2,1-3H3;1H/t13-;/m0./s1. The zero-order chi connectivity index (χ0) is 15.9. The zero-order valence-electron chi connectivity index (χ0n) is 14.1.